The molecule has 0 saturated heterocycles. The summed E-state index contributed by atoms with van der Waals surface area (Å²) in [5.74, 6) is -2.70. The van der Waals surface area contributed by atoms with E-state index in [1.165, 1.54) is 32.0 Å². The van der Waals surface area contributed by atoms with Gasteiger partial charge in [0.1, 0.15) is 0 Å². The Morgan fingerprint density at radius 2 is 1.69 bits per heavy atom. The summed E-state index contributed by atoms with van der Waals surface area (Å²) < 4.78 is 0. The molecular weight excluding hydrogens is 212 g/mol. The Morgan fingerprint density at radius 3 is 2.06 bits per heavy atom. The molecule has 5 nitrogen and oxygen atoms in total. The Morgan fingerprint density at radius 1 is 1.12 bits per heavy atom. The van der Waals surface area contributed by atoms with Gasteiger partial charge < -0.3 is 15.3 Å². The fourth-order valence-electron chi connectivity index (χ4n) is 1.47. The lowest BCUT2D eigenvalue weighted by atomic mass is 9.90. The SMILES string of the molecule is CC(C)(O)c1cccc(C(=O)O)c1C(=O)O. The summed E-state index contributed by atoms with van der Waals surface area (Å²) in [7, 11) is 0. The molecule has 5 heteroatoms. The number of aromatic carboxylic acids is 2. The number of carboxylic acid groups (broad SMARTS) is 2. The minimum absolute atomic E-state index is 0.0832. The molecule has 1 aromatic rings. The first kappa shape index (κ1) is 12.2. The zero-order valence-corrected chi connectivity index (χ0v) is 8.89. The lowest BCUT2D eigenvalue weighted by molar-refractivity contribution is 0.0604. The van der Waals surface area contributed by atoms with E-state index in [-0.39, 0.29) is 16.7 Å². The largest absolute Gasteiger partial charge is 0.478 e. The lowest BCUT2D eigenvalue weighted by Gasteiger charge is -2.20. The second kappa shape index (κ2) is 3.94. The number of hydrogen-bond acceptors (Lipinski definition) is 3. The van der Waals surface area contributed by atoms with E-state index in [2.05, 4.69) is 0 Å². The maximum Gasteiger partial charge on any atom is 0.336 e. The normalized spacial score (nSPS) is 11.2. The van der Waals surface area contributed by atoms with Crippen LogP contribution in [-0.2, 0) is 5.60 Å². The summed E-state index contributed by atoms with van der Waals surface area (Å²) in [6.07, 6.45) is 0. The summed E-state index contributed by atoms with van der Waals surface area (Å²) in [6, 6.07) is 4.00. The topological polar surface area (TPSA) is 94.8 Å². The number of aliphatic hydroxyl groups is 1. The molecule has 16 heavy (non-hydrogen) atoms. The van der Waals surface area contributed by atoms with Gasteiger partial charge in [-0.2, -0.15) is 0 Å². The Hall–Kier alpha value is -1.88. The van der Waals surface area contributed by atoms with Crippen molar-refractivity contribution in [2.24, 2.45) is 0 Å². The molecule has 0 unspecified atom stereocenters. The third-order valence-electron chi connectivity index (χ3n) is 2.17. The Labute approximate surface area is 92.0 Å². The van der Waals surface area contributed by atoms with E-state index in [0.29, 0.717) is 0 Å². The average Bonchev–Trinajstić information content (AvgIpc) is 2.14. The summed E-state index contributed by atoms with van der Waals surface area (Å²) in [4.78, 5) is 21.9. The molecule has 0 radical (unpaired) electrons. The van der Waals surface area contributed by atoms with Crippen LogP contribution in [0.15, 0.2) is 18.2 Å². The maximum atomic E-state index is 11.0. The Bertz CT molecular complexity index is 442. The average molecular weight is 224 g/mol. The highest BCUT2D eigenvalue weighted by Gasteiger charge is 2.27. The first-order valence-corrected chi connectivity index (χ1v) is 4.57. The molecule has 1 aromatic carbocycles. The number of benzene rings is 1. The number of carboxylic acids is 2. The monoisotopic (exact) mass is 224 g/mol. The van der Waals surface area contributed by atoms with E-state index >= 15 is 0 Å². The van der Waals surface area contributed by atoms with Crippen LogP contribution in [0.25, 0.3) is 0 Å². The zero-order valence-electron chi connectivity index (χ0n) is 8.89. The molecule has 0 saturated carbocycles. The first-order valence-electron chi connectivity index (χ1n) is 4.57. The second-order valence-corrected chi connectivity index (χ2v) is 3.90. The van der Waals surface area contributed by atoms with E-state index in [1.807, 2.05) is 0 Å². The maximum absolute atomic E-state index is 11.0. The first-order chi connectivity index (χ1) is 7.25. The van der Waals surface area contributed by atoms with Gasteiger partial charge in [-0.1, -0.05) is 12.1 Å². The van der Waals surface area contributed by atoms with Crippen molar-refractivity contribution in [3.63, 3.8) is 0 Å². The van der Waals surface area contributed by atoms with Crippen LogP contribution in [0.4, 0.5) is 0 Å². The van der Waals surface area contributed by atoms with E-state index < -0.39 is 17.5 Å². The van der Waals surface area contributed by atoms with Crippen LogP contribution in [0.5, 0.6) is 0 Å². The van der Waals surface area contributed by atoms with Crippen molar-refractivity contribution in [3.8, 4) is 0 Å². The van der Waals surface area contributed by atoms with Gasteiger partial charge in [0.15, 0.2) is 0 Å². The number of hydrogen-bond donors (Lipinski definition) is 3. The summed E-state index contributed by atoms with van der Waals surface area (Å²) in [5.41, 5.74) is -2.02. The fourth-order valence-corrected chi connectivity index (χ4v) is 1.47. The van der Waals surface area contributed by atoms with Crippen molar-refractivity contribution in [2.45, 2.75) is 19.4 Å². The molecule has 1 rings (SSSR count). The highest BCUT2D eigenvalue weighted by molar-refractivity contribution is 6.02. The third kappa shape index (κ3) is 2.20. The quantitative estimate of drug-likeness (QED) is 0.719. The smallest absolute Gasteiger partial charge is 0.336 e. The van der Waals surface area contributed by atoms with Gasteiger partial charge in [0.05, 0.1) is 16.7 Å². The molecule has 0 heterocycles. The molecule has 0 atom stereocenters. The van der Waals surface area contributed by atoms with Crippen LogP contribution in [0, 0.1) is 0 Å². The summed E-state index contributed by atoms with van der Waals surface area (Å²) in [6.45, 7) is 2.81. The van der Waals surface area contributed by atoms with Gasteiger partial charge in [-0.3, -0.25) is 0 Å². The van der Waals surface area contributed by atoms with Crippen LogP contribution in [0.2, 0.25) is 0 Å². The van der Waals surface area contributed by atoms with Gasteiger partial charge in [-0.05, 0) is 25.5 Å². The highest BCUT2D eigenvalue weighted by Crippen LogP contribution is 2.26. The van der Waals surface area contributed by atoms with Gasteiger partial charge in [0, 0.05) is 0 Å². The van der Waals surface area contributed by atoms with E-state index in [0.717, 1.165) is 0 Å². The Kier molecular flexibility index (Phi) is 3.00. The van der Waals surface area contributed by atoms with Gasteiger partial charge in [-0.15, -0.1) is 0 Å². The number of rotatable bonds is 3. The van der Waals surface area contributed by atoms with Crippen LogP contribution in [0.3, 0.4) is 0 Å². The predicted molar refractivity (Wildman–Crippen MR) is 55.6 cm³/mol. The van der Waals surface area contributed by atoms with Crippen LogP contribution < -0.4 is 0 Å². The van der Waals surface area contributed by atoms with Crippen molar-refractivity contribution < 1.29 is 24.9 Å². The molecule has 0 aliphatic rings. The van der Waals surface area contributed by atoms with Gasteiger partial charge in [0.2, 0.25) is 0 Å². The molecule has 3 N–H and O–H groups in total. The molecule has 86 valence electrons. The number of carbonyl (C=O) groups is 2. The van der Waals surface area contributed by atoms with Crippen LogP contribution in [-0.4, -0.2) is 27.3 Å². The van der Waals surface area contributed by atoms with Gasteiger partial charge in [-0.25, -0.2) is 9.59 Å². The molecule has 0 aromatic heterocycles. The van der Waals surface area contributed by atoms with Crippen LogP contribution >= 0.6 is 0 Å². The molecule has 0 spiro atoms. The highest BCUT2D eigenvalue weighted by atomic mass is 16.4. The van der Waals surface area contributed by atoms with Crippen molar-refractivity contribution in [1.29, 1.82) is 0 Å². The van der Waals surface area contributed by atoms with E-state index in [4.69, 9.17) is 10.2 Å². The van der Waals surface area contributed by atoms with Gasteiger partial charge in [0.25, 0.3) is 0 Å². The van der Waals surface area contributed by atoms with Crippen LogP contribution in [0.1, 0.15) is 40.1 Å². The van der Waals surface area contributed by atoms with E-state index in [1.54, 1.807) is 0 Å². The van der Waals surface area contributed by atoms with Crippen molar-refractivity contribution in [2.75, 3.05) is 0 Å². The minimum Gasteiger partial charge on any atom is -0.478 e. The van der Waals surface area contributed by atoms with E-state index in [9.17, 15) is 14.7 Å². The van der Waals surface area contributed by atoms with Gasteiger partial charge >= 0.3 is 11.9 Å². The lowest BCUT2D eigenvalue weighted by Crippen LogP contribution is -2.22. The fraction of sp³-hybridized carbons (Fsp3) is 0.273. The molecule has 0 aliphatic carbocycles. The third-order valence-corrected chi connectivity index (χ3v) is 2.17. The molecular formula is C11H12O5. The predicted octanol–water partition coefficient (Wildman–Crippen LogP) is 1.31. The Balaban J connectivity index is 3.58. The van der Waals surface area contributed by atoms with Crippen molar-refractivity contribution in [3.05, 3.63) is 34.9 Å². The molecule has 0 aliphatic heterocycles. The summed E-state index contributed by atoms with van der Waals surface area (Å²) >= 11 is 0. The second-order valence-electron chi connectivity index (χ2n) is 3.90. The van der Waals surface area contributed by atoms with Crippen molar-refractivity contribution >= 4 is 11.9 Å². The van der Waals surface area contributed by atoms with Crippen molar-refractivity contribution in [1.82, 2.24) is 0 Å². The molecule has 0 amide bonds. The standard InChI is InChI=1S/C11H12O5/c1-11(2,16)7-5-3-4-6(9(12)13)8(7)10(14)15/h3-5,16H,1-2H3,(H,12,13)(H,14,15). The minimum atomic E-state index is -1.40. The molecule has 0 fully saturated rings. The summed E-state index contributed by atoms with van der Waals surface area (Å²) in [5, 5.41) is 27.6. The zero-order chi connectivity index (χ0) is 12.5. The molecule has 0 bridgehead atoms.